The number of ketones is 1. The average molecular weight is 251 g/mol. The molecule has 3 heteroatoms. The van der Waals surface area contributed by atoms with Crippen LogP contribution >= 0.6 is 11.6 Å². The summed E-state index contributed by atoms with van der Waals surface area (Å²) in [5, 5.41) is 0.0946. The van der Waals surface area contributed by atoms with Crippen LogP contribution in [0.2, 0.25) is 0 Å². The first kappa shape index (κ1) is 12.2. The van der Waals surface area contributed by atoms with Crippen molar-refractivity contribution >= 4 is 23.5 Å². The van der Waals surface area contributed by atoms with Crippen LogP contribution in [0, 0.1) is 0 Å². The minimum absolute atomic E-state index is 0.0946. The van der Waals surface area contributed by atoms with Gasteiger partial charge in [0.05, 0.1) is 7.11 Å². The van der Waals surface area contributed by atoms with Crippen molar-refractivity contribution in [3.63, 3.8) is 0 Å². The van der Waals surface area contributed by atoms with Crippen molar-refractivity contribution in [2.24, 2.45) is 0 Å². The van der Waals surface area contributed by atoms with Crippen LogP contribution in [-0.4, -0.2) is 18.3 Å². The first-order valence-electron chi connectivity index (χ1n) is 5.71. The zero-order chi connectivity index (χ0) is 12.3. The van der Waals surface area contributed by atoms with Crippen molar-refractivity contribution in [2.75, 3.05) is 7.11 Å². The summed E-state index contributed by atoms with van der Waals surface area (Å²) >= 11 is 6.08. The number of benzene rings is 1. The topological polar surface area (TPSA) is 26.3 Å². The van der Waals surface area contributed by atoms with E-state index in [0.717, 1.165) is 23.3 Å². The normalized spacial score (nSPS) is 22.8. The van der Waals surface area contributed by atoms with Gasteiger partial charge in [-0.3, -0.25) is 4.79 Å². The second-order valence-corrected chi connectivity index (χ2v) is 4.82. The third kappa shape index (κ3) is 3.10. The number of hydrogen-bond acceptors (Lipinski definition) is 2. The smallest absolute Gasteiger partial charge is 0.158 e. The fraction of sp³-hybridized carbons (Fsp3) is 0.357. The Morgan fingerprint density at radius 1 is 1.35 bits per heavy atom. The third-order valence-electron chi connectivity index (χ3n) is 2.94. The second-order valence-electron chi connectivity index (χ2n) is 4.21. The summed E-state index contributed by atoms with van der Waals surface area (Å²) < 4.78 is 5.09. The molecule has 1 aromatic carbocycles. The molecule has 0 aromatic heterocycles. The largest absolute Gasteiger partial charge is 0.497 e. The lowest BCUT2D eigenvalue weighted by Gasteiger charge is -2.17. The SMILES string of the molecule is COc1ccc(C=C2CC(Cl)CCC2=O)cc1. The van der Waals surface area contributed by atoms with Crippen LogP contribution in [0.4, 0.5) is 0 Å². The zero-order valence-electron chi connectivity index (χ0n) is 9.78. The Balaban J connectivity index is 2.18. The van der Waals surface area contributed by atoms with Gasteiger partial charge in [0, 0.05) is 11.8 Å². The Kier molecular flexibility index (Phi) is 3.85. The fourth-order valence-electron chi connectivity index (χ4n) is 1.94. The third-order valence-corrected chi connectivity index (χ3v) is 3.31. The summed E-state index contributed by atoms with van der Waals surface area (Å²) in [4.78, 5) is 11.7. The van der Waals surface area contributed by atoms with Crippen molar-refractivity contribution in [3.05, 3.63) is 35.4 Å². The van der Waals surface area contributed by atoms with Crippen molar-refractivity contribution in [1.82, 2.24) is 0 Å². The Labute approximate surface area is 106 Å². The highest BCUT2D eigenvalue weighted by Crippen LogP contribution is 2.26. The molecule has 1 aliphatic carbocycles. The van der Waals surface area contributed by atoms with E-state index in [9.17, 15) is 4.79 Å². The maximum atomic E-state index is 11.7. The second kappa shape index (κ2) is 5.37. The molecule has 0 amide bonds. The van der Waals surface area contributed by atoms with Gasteiger partial charge in [0.15, 0.2) is 5.78 Å². The minimum atomic E-state index is 0.0946. The molecule has 1 unspecified atom stereocenters. The summed E-state index contributed by atoms with van der Waals surface area (Å²) in [6.07, 6.45) is 3.96. The summed E-state index contributed by atoms with van der Waals surface area (Å²) in [5.74, 6) is 1.04. The number of ether oxygens (including phenoxy) is 1. The van der Waals surface area contributed by atoms with E-state index in [4.69, 9.17) is 16.3 Å². The van der Waals surface area contributed by atoms with Crippen LogP contribution < -0.4 is 4.74 Å². The molecule has 1 aromatic rings. The van der Waals surface area contributed by atoms with Crippen LogP contribution in [-0.2, 0) is 4.79 Å². The molecule has 0 bridgehead atoms. The van der Waals surface area contributed by atoms with E-state index in [-0.39, 0.29) is 11.2 Å². The van der Waals surface area contributed by atoms with Gasteiger partial charge in [-0.1, -0.05) is 12.1 Å². The van der Waals surface area contributed by atoms with Crippen molar-refractivity contribution < 1.29 is 9.53 Å². The maximum absolute atomic E-state index is 11.7. The molecule has 1 aliphatic rings. The van der Waals surface area contributed by atoms with E-state index in [1.54, 1.807) is 7.11 Å². The van der Waals surface area contributed by atoms with E-state index < -0.39 is 0 Å². The number of methoxy groups -OCH3 is 1. The highest BCUT2D eigenvalue weighted by atomic mass is 35.5. The van der Waals surface area contributed by atoms with E-state index in [1.807, 2.05) is 30.3 Å². The number of carbonyl (C=O) groups is 1. The quantitative estimate of drug-likeness (QED) is 0.594. The van der Waals surface area contributed by atoms with Crippen molar-refractivity contribution in [1.29, 1.82) is 0 Å². The molecule has 0 spiro atoms. The number of hydrogen-bond donors (Lipinski definition) is 0. The molecule has 0 heterocycles. The fourth-order valence-corrected chi connectivity index (χ4v) is 2.22. The van der Waals surface area contributed by atoms with Gasteiger partial charge in [-0.15, -0.1) is 11.6 Å². The molecule has 17 heavy (non-hydrogen) atoms. The van der Waals surface area contributed by atoms with E-state index >= 15 is 0 Å². The minimum Gasteiger partial charge on any atom is -0.497 e. The number of allylic oxidation sites excluding steroid dienone is 1. The van der Waals surface area contributed by atoms with Gasteiger partial charge in [-0.2, -0.15) is 0 Å². The molecule has 0 aliphatic heterocycles. The lowest BCUT2D eigenvalue weighted by atomic mass is 9.92. The number of Topliss-reactive ketones (excluding diaryl/α,β-unsaturated/α-hetero) is 1. The summed E-state index contributed by atoms with van der Waals surface area (Å²) in [6.45, 7) is 0. The van der Waals surface area contributed by atoms with E-state index in [0.29, 0.717) is 12.8 Å². The van der Waals surface area contributed by atoms with Gasteiger partial charge in [0.1, 0.15) is 5.75 Å². The molecule has 1 atom stereocenters. The molecule has 0 saturated heterocycles. The van der Waals surface area contributed by atoms with Crippen LogP contribution in [0.25, 0.3) is 6.08 Å². The number of carbonyl (C=O) groups excluding carboxylic acids is 1. The lowest BCUT2D eigenvalue weighted by Crippen LogP contribution is -2.16. The van der Waals surface area contributed by atoms with Gasteiger partial charge in [-0.25, -0.2) is 0 Å². The molecular weight excluding hydrogens is 236 g/mol. The Morgan fingerprint density at radius 3 is 2.71 bits per heavy atom. The summed E-state index contributed by atoms with van der Waals surface area (Å²) in [5.41, 5.74) is 1.85. The van der Waals surface area contributed by atoms with Crippen LogP contribution in [0.5, 0.6) is 5.75 Å². The van der Waals surface area contributed by atoms with Gasteiger partial charge in [0.25, 0.3) is 0 Å². The first-order valence-corrected chi connectivity index (χ1v) is 6.14. The number of rotatable bonds is 2. The monoisotopic (exact) mass is 250 g/mol. The number of halogens is 1. The van der Waals surface area contributed by atoms with E-state index in [2.05, 4.69) is 0 Å². The highest BCUT2D eigenvalue weighted by Gasteiger charge is 2.21. The summed E-state index contributed by atoms with van der Waals surface area (Å²) in [7, 11) is 1.64. The highest BCUT2D eigenvalue weighted by molar-refractivity contribution is 6.22. The predicted molar refractivity (Wildman–Crippen MR) is 69.5 cm³/mol. The number of alkyl halides is 1. The van der Waals surface area contributed by atoms with E-state index in [1.165, 1.54) is 0 Å². The van der Waals surface area contributed by atoms with Crippen LogP contribution in [0.15, 0.2) is 29.8 Å². The Morgan fingerprint density at radius 2 is 2.06 bits per heavy atom. The van der Waals surface area contributed by atoms with Gasteiger partial charge in [-0.05, 0) is 42.2 Å². The molecule has 1 fully saturated rings. The van der Waals surface area contributed by atoms with Crippen molar-refractivity contribution in [2.45, 2.75) is 24.6 Å². The summed E-state index contributed by atoms with van der Waals surface area (Å²) in [6, 6.07) is 7.66. The zero-order valence-corrected chi connectivity index (χ0v) is 10.5. The molecule has 0 radical (unpaired) electrons. The standard InChI is InChI=1S/C14H15ClO2/c1-17-13-5-2-10(3-6-13)8-11-9-12(15)4-7-14(11)16/h2-3,5-6,8,12H,4,7,9H2,1H3. The van der Waals surface area contributed by atoms with Crippen LogP contribution in [0.1, 0.15) is 24.8 Å². The molecule has 2 rings (SSSR count). The predicted octanol–water partition coefficient (Wildman–Crippen LogP) is 3.44. The Hall–Kier alpha value is -1.28. The lowest BCUT2D eigenvalue weighted by molar-refractivity contribution is -0.116. The molecule has 1 saturated carbocycles. The van der Waals surface area contributed by atoms with Crippen molar-refractivity contribution in [3.8, 4) is 5.75 Å². The van der Waals surface area contributed by atoms with Gasteiger partial charge in [0.2, 0.25) is 0 Å². The van der Waals surface area contributed by atoms with Crippen LogP contribution in [0.3, 0.4) is 0 Å². The molecule has 0 N–H and O–H groups in total. The average Bonchev–Trinajstić information content (AvgIpc) is 2.35. The molecule has 90 valence electrons. The first-order chi connectivity index (χ1) is 8.19. The van der Waals surface area contributed by atoms with Gasteiger partial charge < -0.3 is 4.74 Å². The molecular formula is C14H15ClO2. The van der Waals surface area contributed by atoms with Gasteiger partial charge >= 0.3 is 0 Å². The maximum Gasteiger partial charge on any atom is 0.158 e. The molecule has 2 nitrogen and oxygen atoms in total. The Bertz CT molecular complexity index is 434.